The van der Waals surface area contributed by atoms with Crippen LogP contribution in [-0.2, 0) is 4.74 Å². The van der Waals surface area contributed by atoms with E-state index in [4.69, 9.17) is 17.0 Å². The Balaban J connectivity index is 1.64. The van der Waals surface area contributed by atoms with Crippen LogP contribution >= 0.6 is 12.2 Å². The second kappa shape index (κ2) is 10.6. The average molecular weight is 448 g/mol. The molecule has 1 heterocycles. The van der Waals surface area contributed by atoms with Crippen molar-refractivity contribution in [3.8, 4) is 0 Å². The predicted octanol–water partition coefficient (Wildman–Crippen LogP) is 4.16. The number of nitrogens with zero attached hydrogens (tertiary/aromatic N) is 2. The molecule has 0 bridgehead atoms. The molecule has 1 unspecified atom stereocenters. The SMILES string of the molecule is CC(C)CN(CC1CN(C(=S)Nc2ccc(F)cc2)CCO1)C(=O)c1ccc(F)cc1. The van der Waals surface area contributed by atoms with Crippen molar-refractivity contribution in [2.45, 2.75) is 20.0 Å². The summed E-state index contributed by atoms with van der Waals surface area (Å²) in [4.78, 5) is 16.8. The maximum atomic E-state index is 13.2. The fourth-order valence-corrected chi connectivity index (χ4v) is 3.74. The Kier molecular flexibility index (Phi) is 7.92. The molecule has 2 aromatic rings. The smallest absolute Gasteiger partial charge is 0.253 e. The molecule has 31 heavy (non-hydrogen) atoms. The number of amides is 1. The van der Waals surface area contributed by atoms with Gasteiger partial charge in [-0.05, 0) is 66.7 Å². The number of thiocarbonyl (C=S) groups is 1. The number of anilines is 1. The van der Waals surface area contributed by atoms with E-state index in [1.165, 1.54) is 36.4 Å². The first kappa shape index (κ1) is 23.1. The van der Waals surface area contributed by atoms with Crippen molar-refractivity contribution >= 4 is 28.9 Å². The van der Waals surface area contributed by atoms with E-state index in [-0.39, 0.29) is 29.6 Å². The summed E-state index contributed by atoms with van der Waals surface area (Å²) in [7, 11) is 0. The monoisotopic (exact) mass is 447 g/mol. The minimum absolute atomic E-state index is 0.151. The maximum absolute atomic E-state index is 13.2. The summed E-state index contributed by atoms with van der Waals surface area (Å²) in [5, 5.41) is 3.65. The molecule has 166 valence electrons. The number of hydrogen-bond acceptors (Lipinski definition) is 3. The van der Waals surface area contributed by atoms with Gasteiger partial charge < -0.3 is 19.9 Å². The van der Waals surface area contributed by atoms with Crippen LogP contribution in [0.15, 0.2) is 48.5 Å². The zero-order valence-corrected chi connectivity index (χ0v) is 18.5. The van der Waals surface area contributed by atoms with Gasteiger partial charge in [-0.1, -0.05) is 13.8 Å². The molecule has 0 aliphatic carbocycles. The highest BCUT2D eigenvalue weighted by atomic mass is 32.1. The fraction of sp³-hybridized carbons (Fsp3) is 0.391. The molecule has 8 heteroatoms. The Bertz CT molecular complexity index is 891. The number of hydrogen-bond donors (Lipinski definition) is 1. The third-order valence-corrected chi connectivity index (χ3v) is 5.27. The highest BCUT2D eigenvalue weighted by Gasteiger charge is 2.27. The summed E-state index contributed by atoms with van der Waals surface area (Å²) in [6.07, 6.45) is -0.218. The fourth-order valence-electron chi connectivity index (χ4n) is 3.45. The largest absolute Gasteiger partial charge is 0.373 e. The quantitative estimate of drug-likeness (QED) is 0.674. The van der Waals surface area contributed by atoms with Crippen molar-refractivity contribution < 1.29 is 18.3 Å². The van der Waals surface area contributed by atoms with E-state index in [2.05, 4.69) is 5.32 Å². The number of carbonyl (C=O) groups excluding carboxylic acids is 1. The van der Waals surface area contributed by atoms with E-state index in [0.717, 1.165) is 0 Å². The van der Waals surface area contributed by atoms with E-state index in [1.54, 1.807) is 17.0 Å². The molecule has 0 radical (unpaired) electrons. The zero-order valence-electron chi connectivity index (χ0n) is 17.7. The Morgan fingerprint density at radius 1 is 1.16 bits per heavy atom. The van der Waals surface area contributed by atoms with Crippen LogP contribution in [0, 0.1) is 17.6 Å². The molecule has 1 saturated heterocycles. The van der Waals surface area contributed by atoms with E-state index in [9.17, 15) is 13.6 Å². The van der Waals surface area contributed by atoms with Crippen LogP contribution in [0.4, 0.5) is 14.5 Å². The van der Waals surface area contributed by atoms with Crippen LogP contribution in [0.5, 0.6) is 0 Å². The van der Waals surface area contributed by atoms with Gasteiger partial charge in [0, 0.05) is 37.4 Å². The molecular weight excluding hydrogens is 420 g/mol. The van der Waals surface area contributed by atoms with Crippen molar-refractivity contribution in [2.75, 3.05) is 38.1 Å². The maximum Gasteiger partial charge on any atom is 0.253 e. The molecule has 1 fully saturated rings. The summed E-state index contributed by atoms with van der Waals surface area (Å²) < 4.78 is 32.3. The van der Waals surface area contributed by atoms with Crippen LogP contribution in [-0.4, -0.2) is 59.7 Å². The Hall–Kier alpha value is -2.58. The van der Waals surface area contributed by atoms with Gasteiger partial charge in [0.1, 0.15) is 11.6 Å². The lowest BCUT2D eigenvalue weighted by Gasteiger charge is -2.37. The Morgan fingerprint density at radius 2 is 1.77 bits per heavy atom. The molecule has 2 aromatic carbocycles. The molecule has 1 aliphatic rings. The van der Waals surface area contributed by atoms with E-state index < -0.39 is 0 Å². The Morgan fingerprint density at radius 3 is 2.39 bits per heavy atom. The molecule has 1 aliphatic heterocycles. The predicted molar refractivity (Wildman–Crippen MR) is 121 cm³/mol. The van der Waals surface area contributed by atoms with E-state index in [1.807, 2.05) is 18.7 Å². The average Bonchev–Trinajstić information content (AvgIpc) is 2.75. The lowest BCUT2D eigenvalue weighted by atomic mass is 10.1. The molecule has 1 amide bonds. The zero-order chi connectivity index (χ0) is 22.4. The van der Waals surface area contributed by atoms with Crippen molar-refractivity contribution in [1.82, 2.24) is 9.80 Å². The van der Waals surface area contributed by atoms with Crippen LogP contribution in [0.2, 0.25) is 0 Å². The molecular formula is C23H27F2N3O2S. The molecule has 0 spiro atoms. The first-order valence-corrected chi connectivity index (χ1v) is 10.7. The highest BCUT2D eigenvalue weighted by Crippen LogP contribution is 2.15. The number of nitrogens with one attached hydrogen (secondary N) is 1. The van der Waals surface area contributed by atoms with Gasteiger partial charge in [0.25, 0.3) is 5.91 Å². The van der Waals surface area contributed by atoms with E-state index >= 15 is 0 Å². The van der Waals surface area contributed by atoms with Crippen molar-refractivity contribution in [2.24, 2.45) is 5.92 Å². The third-order valence-electron chi connectivity index (χ3n) is 4.91. The second-order valence-electron chi connectivity index (χ2n) is 7.99. The summed E-state index contributed by atoms with van der Waals surface area (Å²) in [6, 6.07) is 11.6. The Labute approximate surface area is 187 Å². The number of halogens is 2. The van der Waals surface area contributed by atoms with E-state index in [0.29, 0.717) is 49.1 Å². The van der Waals surface area contributed by atoms with Gasteiger partial charge in [0.15, 0.2) is 5.11 Å². The summed E-state index contributed by atoms with van der Waals surface area (Å²) in [5.41, 5.74) is 1.16. The first-order valence-electron chi connectivity index (χ1n) is 10.3. The molecule has 0 aromatic heterocycles. The number of morpholine rings is 1. The van der Waals surface area contributed by atoms with Crippen LogP contribution in [0.25, 0.3) is 0 Å². The third kappa shape index (κ3) is 6.70. The topological polar surface area (TPSA) is 44.8 Å². The molecule has 3 rings (SSSR count). The lowest BCUT2D eigenvalue weighted by Crippen LogP contribution is -2.52. The van der Waals surface area contributed by atoms with Crippen molar-refractivity contribution in [3.05, 3.63) is 65.7 Å². The first-order chi connectivity index (χ1) is 14.8. The van der Waals surface area contributed by atoms with Gasteiger partial charge in [-0.3, -0.25) is 4.79 Å². The minimum atomic E-state index is -0.375. The highest BCUT2D eigenvalue weighted by molar-refractivity contribution is 7.80. The van der Waals surface area contributed by atoms with Crippen LogP contribution in [0.3, 0.4) is 0 Å². The molecule has 1 atom stereocenters. The summed E-state index contributed by atoms with van der Waals surface area (Å²) in [5.74, 6) is -0.564. The molecule has 0 saturated carbocycles. The number of rotatable bonds is 6. The number of carbonyl (C=O) groups is 1. The van der Waals surface area contributed by atoms with Crippen LogP contribution in [0.1, 0.15) is 24.2 Å². The summed E-state index contributed by atoms with van der Waals surface area (Å²) >= 11 is 5.52. The van der Waals surface area contributed by atoms with Gasteiger partial charge >= 0.3 is 0 Å². The molecule has 5 nitrogen and oxygen atoms in total. The lowest BCUT2D eigenvalue weighted by molar-refractivity contribution is -0.0215. The summed E-state index contributed by atoms with van der Waals surface area (Å²) in [6.45, 7) is 6.69. The van der Waals surface area contributed by atoms with Gasteiger partial charge in [-0.15, -0.1) is 0 Å². The van der Waals surface area contributed by atoms with Gasteiger partial charge in [-0.25, -0.2) is 8.78 Å². The van der Waals surface area contributed by atoms with Gasteiger partial charge in [0.2, 0.25) is 0 Å². The van der Waals surface area contributed by atoms with Crippen LogP contribution < -0.4 is 5.32 Å². The van der Waals surface area contributed by atoms with Gasteiger partial charge in [0.05, 0.1) is 12.7 Å². The number of ether oxygens (including phenoxy) is 1. The standard InChI is InChI=1S/C23H27F2N3O2S/c1-16(2)13-28(22(29)17-3-5-18(24)6-4-17)15-21-14-27(11-12-30-21)23(31)26-20-9-7-19(25)8-10-20/h3-10,16,21H,11-15H2,1-2H3,(H,26,31). The van der Waals surface area contributed by atoms with Gasteiger partial charge in [-0.2, -0.15) is 0 Å². The molecule has 1 N–H and O–H groups in total. The van der Waals surface area contributed by atoms with Crippen molar-refractivity contribution in [1.29, 1.82) is 0 Å². The second-order valence-corrected chi connectivity index (χ2v) is 8.37. The van der Waals surface area contributed by atoms with Crippen molar-refractivity contribution in [3.63, 3.8) is 0 Å². The normalized spacial score (nSPS) is 16.3. The number of benzene rings is 2. The minimum Gasteiger partial charge on any atom is -0.373 e.